The minimum Gasteiger partial charge on any atom is -0.349 e. The van der Waals surface area contributed by atoms with E-state index in [-0.39, 0.29) is 17.4 Å². The maximum Gasteiger partial charge on any atom is 0.251 e. The van der Waals surface area contributed by atoms with Crippen LogP contribution in [0.1, 0.15) is 49.9 Å². The number of amides is 2. The van der Waals surface area contributed by atoms with Gasteiger partial charge in [-0.1, -0.05) is 6.07 Å². The fourth-order valence-corrected chi connectivity index (χ4v) is 1.89. The predicted octanol–water partition coefficient (Wildman–Crippen LogP) is 2.03. The first kappa shape index (κ1) is 15.5. The largest absolute Gasteiger partial charge is 0.349 e. The number of hydrogen-bond acceptors (Lipinski definition) is 3. The monoisotopic (exact) mass is 289 g/mol. The molecule has 4 N–H and O–H groups in total. The molecule has 1 aromatic carbocycles. The lowest BCUT2D eigenvalue weighted by Gasteiger charge is -2.17. The van der Waals surface area contributed by atoms with Gasteiger partial charge >= 0.3 is 0 Å². The summed E-state index contributed by atoms with van der Waals surface area (Å²) in [5.74, 6) is -0.176. The van der Waals surface area contributed by atoms with E-state index in [9.17, 15) is 9.59 Å². The number of carbonyl (C=O) groups is 2. The van der Waals surface area contributed by atoms with Gasteiger partial charge in [0.1, 0.15) is 0 Å². The highest BCUT2D eigenvalue weighted by molar-refractivity contribution is 5.97. The third kappa shape index (κ3) is 5.55. The first-order valence-corrected chi connectivity index (χ1v) is 7.33. The predicted molar refractivity (Wildman–Crippen MR) is 83.1 cm³/mol. The highest BCUT2D eigenvalue weighted by Gasteiger charge is 2.23. The van der Waals surface area contributed by atoms with Gasteiger partial charge in [0.2, 0.25) is 5.91 Å². The summed E-state index contributed by atoms with van der Waals surface area (Å²) >= 11 is 0. The molecule has 1 fully saturated rings. The molecule has 1 aromatic rings. The number of carbonyl (C=O) groups excluding carboxylic acids is 2. The lowest BCUT2D eigenvalue weighted by atomic mass is 10.00. The van der Waals surface area contributed by atoms with Crippen LogP contribution in [0.25, 0.3) is 0 Å². The Bertz CT molecular complexity index is 531. The van der Waals surface area contributed by atoms with Crippen LogP contribution >= 0.6 is 0 Å². The van der Waals surface area contributed by atoms with Gasteiger partial charge in [-0.2, -0.15) is 0 Å². The molecule has 1 aliphatic carbocycles. The van der Waals surface area contributed by atoms with E-state index in [1.165, 1.54) is 0 Å². The molecule has 114 valence electrons. The highest BCUT2D eigenvalue weighted by Crippen LogP contribution is 2.20. The standard InChI is InChI=1S/C16H23N3O2/c1-16(2,17)9-8-14(20)18-13-5-3-4-11(10-13)15(21)19-12-6-7-12/h3-5,10,12H,6-9,17H2,1-2H3,(H,18,20)(H,19,21). The Hall–Kier alpha value is -1.88. The lowest BCUT2D eigenvalue weighted by Crippen LogP contribution is -2.33. The van der Waals surface area contributed by atoms with Gasteiger partial charge in [0.25, 0.3) is 5.91 Å². The van der Waals surface area contributed by atoms with Crippen molar-refractivity contribution in [2.45, 2.75) is 51.1 Å². The van der Waals surface area contributed by atoms with Crippen LogP contribution in [0.3, 0.4) is 0 Å². The summed E-state index contributed by atoms with van der Waals surface area (Å²) < 4.78 is 0. The minimum atomic E-state index is -0.358. The molecule has 1 aliphatic rings. The molecule has 0 radical (unpaired) electrons. The van der Waals surface area contributed by atoms with Gasteiger partial charge in [-0.25, -0.2) is 0 Å². The Labute approximate surface area is 125 Å². The molecule has 21 heavy (non-hydrogen) atoms. The van der Waals surface area contributed by atoms with Crippen molar-refractivity contribution in [1.29, 1.82) is 0 Å². The first-order chi connectivity index (χ1) is 9.83. The number of anilines is 1. The van der Waals surface area contributed by atoms with Crippen LogP contribution in [-0.4, -0.2) is 23.4 Å². The third-order valence-electron chi connectivity index (χ3n) is 3.32. The van der Waals surface area contributed by atoms with E-state index in [1.807, 2.05) is 13.8 Å². The van der Waals surface area contributed by atoms with Crippen molar-refractivity contribution in [3.63, 3.8) is 0 Å². The molecule has 1 saturated carbocycles. The van der Waals surface area contributed by atoms with Gasteiger partial charge in [-0.05, 0) is 51.3 Å². The second-order valence-electron chi connectivity index (χ2n) is 6.37. The molecule has 2 amide bonds. The maximum atomic E-state index is 11.9. The molecule has 0 spiro atoms. The lowest BCUT2D eigenvalue weighted by molar-refractivity contribution is -0.116. The van der Waals surface area contributed by atoms with E-state index in [4.69, 9.17) is 5.73 Å². The molecular formula is C16H23N3O2. The van der Waals surface area contributed by atoms with E-state index in [1.54, 1.807) is 24.3 Å². The number of nitrogens with one attached hydrogen (secondary N) is 2. The van der Waals surface area contributed by atoms with Crippen LogP contribution in [0, 0.1) is 0 Å². The smallest absolute Gasteiger partial charge is 0.251 e. The van der Waals surface area contributed by atoms with E-state index >= 15 is 0 Å². The SMILES string of the molecule is CC(C)(N)CCC(=O)Nc1cccc(C(=O)NC2CC2)c1. The molecule has 0 atom stereocenters. The molecule has 0 aliphatic heterocycles. The molecule has 0 aromatic heterocycles. The van der Waals surface area contributed by atoms with Crippen LogP contribution < -0.4 is 16.4 Å². The van der Waals surface area contributed by atoms with Crippen LogP contribution in [0.15, 0.2) is 24.3 Å². The van der Waals surface area contributed by atoms with Crippen LogP contribution in [0.4, 0.5) is 5.69 Å². The van der Waals surface area contributed by atoms with Crippen molar-refractivity contribution in [2.24, 2.45) is 5.73 Å². The second kappa shape index (κ2) is 6.26. The van der Waals surface area contributed by atoms with Gasteiger partial charge in [0.05, 0.1) is 0 Å². The van der Waals surface area contributed by atoms with E-state index in [2.05, 4.69) is 10.6 Å². The summed E-state index contributed by atoms with van der Waals surface area (Å²) in [5.41, 5.74) is 6.71. The molecule has 5 heteroatoms. The van der Waals surface area contributed by atoms with Crippen molar-refractivity contribution in [1.82, 2.24) is 5.32 Å². The van der Waals surface area contributed by atoms with Crippen molar-refractivity contribution < 1.29 is 9.59 Å². The molecule has 2 rings (SSSR count). The van der Waals surface area contributed by atoms with Gasteiger partial charge < -0.3 is 16.4 Å². The normalized spacial score (nSPS) is 14.6. The van der Waals surface area contributed by atoms with Gasteiger partial charge in [-0.15, -0.1) is 0 Å². The minimum absolute atomic E-state index is 0.0864. The zero-order valence-corrected chi connectivity index (χ0v) is 12.6. The summed E-state index contributed by atoms with van der Waals surface area (Å²) in [5, 5.41) is 5.73. The summed E-state index contributed by atoms with van der Waals surface area (Å²) in [6, 6.07) is 7.31. The zero-order valence-electron chi connectivity index (χ0n) is 12.6. The van der Waals surface area contributed by atoms with Gasteiger partial charge in [-0.3, -0.25) is 9.59 Å². The topological polar surface area (TPSA) is 84.2 Å². The number of rotatable bonds is 6. The Balaban J connectivity index is 1.90. The zero-order chi connectivity index (χ0) is 15.5. The summed E-state index contributed by atoms with van der Waals surface area (Å²) in [7, 11) is 0. The Morgan fingerprint density at radius 3 is 2.67 bits per heavy atom. The molecule has 5 nitrogen and oxygen atoms in total. The third-order valence-corrected chi connectivity index (χ3v) is 3.32. The Morgan fingerprint density at radius 2 is 2.05 bits per heavy atom. The van der Waals surface area contributed by atoms with Gasteiger partial charge in [0.15, 0.2) is 0 Å². The highest BCUT2D eigenvalue weighted by atomic mass is 16.2. The summed E-state index contributed by atoms with van der Waals surface area (Å²) in [6.07, 6.45) is 3.08. The number of benzene rings is 1. The number of hydrogen-bond donors (Lipinski definition) is 3. The van der Waals surface area contributed by atoms with Crippen molar-refractivity contribution in [2.75, 3.05) is 5.32 Å². The molecule has 0 heterocycles. The second-order valence-corrected chi connectivity index (χ2v) is 6.37. The van der Waals surface area contributed by atoms with E-state index in [0.717, 1.165) is 12.8 Å². The van der Waals surface area contributed by atoms with Crippen molar-refractivity contribution in [3.05, 3.63) is 29.8 Å². The fraction of sp³-hybridized carbons (Fsp3) is 0.500. The molecule has 0 saturated heterocycles. The van der Waals surface area contributed by atoms with Crippen molar-refractivity contribution in [3.8, 4) is 0 Å². The van der Waals surface area contributed by atoms with Crippen molar-refractivity contribution >= 4 is 17.5 Å². The first-order valence-electron chi connectivity index (χ1n) is 7.33. The molecule has 0 bridgehead atoms. The average molecular weight is 289 g/mol. The number of nitrogens with two attached hydrogens (primary N) is 1. The Kier molecular flexibility index (Phi) is 4.63. The maximum absolute atomic E-state index is 11.9. The summed E-state index contributed by atoms with van der Waals surface area (Å²) in [6.45, 7) is 3.78. The Morgan fingerprint density at radius 1 is 1.33 bits per heavy atom. The average Bonchev–Trinajstić information content (AvgIpc) is 3.20. The molecule has 0 unspecified atom stereocenters. The van der Waals surface area contributed by atoms with E-state index in [0.29, 0.717) is 30.1 Å². The van der Waals surface area contributed by atoms with Crippen LogP contribution in [-0.2, 0) is 4.79 Å². The fourth-order valence-electron chi connectivity index (χ4n) is 1.89. The quantitative estimate of drug-likeness (QED) is 0.749. The van der Waals surface area contributed by atoms with Gasteiger partial charge in [0, 0.05) is 29.3 Å². The van der Waals surface area contributed by atoms with Crippen LogP contribution in [0.2, 0.25) is 0 Å². The van der Waals surface area contributed by atoms with E-state index < -0.39 is 0 Å². The van der Waals surface area contributed by atoms with Crippen LogP contribution in [0.5, 0.6) is 0 Å². The summed E-state index contributed by atoms with van der Waals surface area (Å²) in [4.78, 5) is 23.8. The molecular weight excluding hydrogens is 266 g/mol.